The standard InChI is InChI=1S/C20H16N2O6/c1-27-20(26)14-4-6-16(7-5-14)22-19(25)15(11-21)10-13-2-8-17(9-3-13)28-12-18(23)24/h2-10H,12H2,1H3,(H,22,25)(H,23,24)/b15-10+. The van der Waals surface area contributed by atoms with Gasteiger partial charge in [0.1, 0.15) is 17.4 Å². The maximum absolute atomic E-state index is 12.3. The molecule has 2 aromatic rings. The first kappa shape index (κ1) is 20.2. The average Bonchev–Trinajstić information content (AvgIpc) is 2.71. The molecule has 2 N–H and O–H groups in total. The van der Waals surface area contributed by atoms with Crippen LogP contribution in [0, 0.1) is 11.3 Å². The van der Waals surface area contributed by atoms with Gasteiger partial charge >= 0.3 is 11.9 Å². The first-order valence-corrected chi connectivity index (χ1v) is 7.99. The summed E-state index contributed by atoms with van der Waals surface area (Å²) in [6.07, 6.45) is 1.39. The van der Waals surface area contributed by atoms with Gasteiger partial charge in [-0.1, -0.05) is 12.1 Å². The number of carboxylic acid groups (broad SMARTS) is 1. The number of nitriles is 1. The van der Waals surface area contributed by atoms with E-state index in [1.54, 1.807) is 12.1 Å². The molecule has 0 heterocycles. The van der Waals surface area contributed by atoms with E-state index in [9.17, 15) is 19.6 Å². The molecule has 0 saturated heterocycles. The summed E-state index contributed by atoms with van der Waals surface area (Å²) in [5.74, 6) is -1.84. The van der Waals surface area contributed by atoms with Crippen LogP contribution >= 0.6 is 0 Å². The number of esters is 1. The number of carbonyl (C=O) groups is 3. The number of hydrogen-bond donors (Lipinski definition) is 2. The first-order chi connectivity index (χ1) is 13.4. The van der Waals surface area contributed by atoms with Gasteiger partial charge in [-0.15, -0.1) is 0 Å². The van der Waals surface area contributed by atoms with Gasteiger partial charge in [-0.2, -0.15) is 5.26 Å². The molecule has 0 aliphatic rings. The summed E-state index contributed by atoms with van der Waals surface area (Å²) in [6.45, 7) is -0.462. The van der Waals surface area contributed by atoms with E-state index in [1.807, 2.05) is 6.07 Å². The predicted molar refractivity (Wildman–Crippen MR) is 99.6 cm³/mol. The Morgan fingerprint density at radius 3 is 2.29 bits per heavy atom. The maximum Gasteiger partial charge on any atom is 0.341 e. The molecule has 8 nitrogen and oxygen atoms in total. The van der Waals surface area contributed by atoms with Gasteiger partial charge in [0.05, 0.1) is 12.7 Å². The highest BCUT2D eigenvalue weighted by Gasteiger charge is 2.11. The fourth-order valence-electron chi connectivity index (χ4n) is 2.13. The molecular weight excluding hydrogens is 364 g/mol. The summed E-state index contributed by atoms with van der Waals surface area (Å²) >= 11 is 0. The van der Waals surface area contributed by atoms with E-state index in [0.717, 1.165) is 0 Å². The molecule has 0 radical (unpaired) electrons. The summed E-state index contributed by atoms with van der Waals surface area (Å²) in [7, 11) is 1.27. The number of rotatable bonds is 7. The second-order valence-electron chi connectivity index (χ2n) is 5.44. The Morgan fingerprint density at radius 1 is 1.11 bits per heavy atom. The van der Waals surface area contributed by atoms with Crippen molar-refractivity contribution < 1.29 is 29.0 Å². The van der Waals surface area contributed by atoms with E-state index in [2.05, 4.69) is 10.1 Å². The van der Waals surface area contributed by atoms with Crippen molar-refractivity contribution in [1.29, 1.82) is 5.26 Å². The normalized spacial score (nSPS) is 10.5. The summed E-state index contributed by atoms with van der Waals surface area (Å²) in [5.41, 5.74) is 1.18. The van der Waals surface area contributed by atoms with E-state index in [-0.39, 0.29) is 5.57 Å². The van der Waals surface area contributed by atoms with Crippen molar-refractivity contribution in [2.24, 2.45) is 0 Å². The molecule has 0 bridgehead atoms. The van der Waals surface area contributed by atoms with Crippen LogP contribution in [-0.4, -0.2) is 36.7 Å². The zero-order valence-electron chi connectivity index (χ0n) is 14.8. The third kappa shape index (κ3) is 5.71. The molecule has 2 aromatic carbocycles. The van der Waals surface area contributed by atoms with E-state index in [4.69, 9.17) is 9.84 Å². The number of benzene rings is 2. The number of nitrogens with zero attached hydrogens (tertiary/aromatic N) is 1. The average molecular weight is 380 g/mol. The molecule has 0 aliphatic carbocycles. The van der Waals surface area contributed by atoms with Crippen LogP contribution in [0.1, 0.15) is 15.9 Å². The van der Waals surface area contributed by atoms with E-state index in [1.165, 1.54) is 49.6 Å². The lowest BCUT2D eigenvalue weighted by Gasteiger charge is -2.06. The molecule has 0 saturated carbocycles. The fraction of sp³-hybridized carbons (Fsp3) is 0.100. The molecular formula is C20H16N2O6. The first-order valence-electron chi connectivity index (χ1n) is 7.99. The number of ether oxygens (including phenoxy) is 2. The van der Waals surface area contributed by atoms with Gasteiger partial charge in [-0.25, -0.2) is 9.59 Å². The minimum Gasteiger partial charge on any atom is -0.482 e. The number of aliphatic carboxylic acids is 1. The van der Waals surface area contributed by atoms with Crippen molar-refractivity contribution in [1.82, 2.24) is 0 Å². The molecule has 0 fully saturated rings. The number of carbonyl (C=O) groups excluding carboxylic acids is 2. The Kier molecular flexibility index (Phi) is 6.88. The van der Waals surface area contributed by atoms with Gasteiger partial charge in [0, 0.05) is 5.69 Å². The van der Waals surface area contributed by atoms with Crippen molar-refractivity contribution in [2.45, 2.75) is 0 Å². The molecule has 1 amide bonds. The number of anilines is 1. The summed E-state index contributed by atoms with van der Waals surface area (Å²) in [5, 5.41) is 20.4. The van der Waals surface area contributed by atoms with Gasteiger partial charge in [0.15, 0.2) is 6.61 Å². The zero-order chi connectivity index (χ0) is 20.5. The molecule has 8 heteroatoms. The topological polar surface area (TPSA) is 126 Å². The fourth-order valence-corrected chi connectivity index (χ4v) is 2.13. The monoisotopic (exact) mass is 380 g/mol. The smallest absolute Gasteiger partial charge is 0.341 e. The number of amides is 1. The summed E-state index contributed by atoms with van der Waals surface area (Å²) in [6, 6.07) is 14.1. The highest BCUT2D eigenvalue weighted by Crippen LogP contribution is 2.16. The Hall–Kier alpha value is -4.12. The van der Waals surface area contributed by atoms with Crippen LogP contribution in [0.2, 0.25) is 0 Å². The van der Waals surface area contributed by atoms with Gasteiger partial charge in [-0.3, -0.25) is 4.79 Å². The van der Waals surface area contributed by atoms with E-state index >= 15 is 0 Å². The third-order valence-corrected chi connectivity index (χ3v) is 3.48. The minimum atomic E-state index is -1.09. The molecule has 0 spiro atoms. The molecule has 142 valence electrons. The number of methoxy groups -OCH3 is 1. The van der Waals surface area contributed by atoms with Gasteiger partial charge < -0.3 is 19.9 Å². The van der Waals surface area contributed by atoms with Gasteiger partial charge in [0.25, 0.3) is 5.91 Å². The molecule has 0 aromatic heterocycles. The van der Waals surface area contributed by atoms with Crippen LogP contribution in [-0.2, 0) is 14.3 Å². The van der Waals surface area contributed by atoms with Crippen molar-refractivity contribution in [3.8, 4) is 11.8 Å². The summed E-state index contributed by atoms with van der Waals surface area (Å²) in [4.78, 5) is 34.2. The van der Waals surface area contributed by atoms with Crippen molar-refractivity contribution in [3.63, 3.8) is 0 Å². The van der Waals surface area contributed by atoms with Crippen LogP contribution < -0.4 is 10.1 Å². The maximum atomic E-state index is 12.3. The predicted octanol–water partition coefficient (Wildman–Crippen LogP) is 2.48. The Balaban J connectivity index is 2.07. The lowest BCUT2D eigenvalue weighted by molar-refractivity contribution is -0.139. The number of nitrogens with one attached hydrogen (secondary N) is 1. The summed E-state index contributed by atoms with van der Waals surface area (Å²) < 4.78 is 9.62. The highest BCUT2D eigenvalue weighted by atomic mass is 16.5. The zero-order valence-corrected chi connectivity index (χ0v) is 14.8. The van der Waals surface area contributed by atoms with Crippen molar-refractivity contribution >= 4 is 29.6 Å². The lowest BCUT2D eigenvalue weighted by atomic mass is 10.1. The highest BCUT2D eigenvalue weighted by molar-refractivity contribution is 6.09. The van der Waals surface area contributed by atoms with Crippen LogP contribution in [0.5, 0.6) is 5.75 Å². The SMILES string of the molecule is COC(=O)c1ccc(NC(=O)/C(C#N)=C/c2ccc(OCC(=O)O)cc2)cc1. The van der Waals surface area contributed by atoms with Crippen molar-refractivity contribution in [2.75, 3.05) is 19.0 Å². The Labute approximate surface area is 160 Å². The van der Waals surface area contributed by atoms with Crippen molar-refractivity contribution in [3.05, 3.63) is 65.2 Å². The Morgan fingerprint density at radius 2 is 1.75 bits per heavy atom. The lowest BCUT2D eigenvalue weighted by Crippen LogP contribution is -2.13. The van der Waals surface area contributed by atoms with Gasteiger partial charge in [0.2, 0.25) is 0 Å². The van der Waals surface area contributed by atoms with Crippen LogP contribution in [0.25, 0.3) is 6.08 Å². The largest absolute Gasteiger partial charge is 0.482 e. The number of hydrogen-bond acceptors (Lipinski definition) is 6. The molecule has 2 rings (SSSR count). The second-order valence-corrected chi connectivity index (χ2v) is 5.44. The third-order valence-electron chi connectivity index (χ3n) is 3.48. The van der Waals surface area contributed by atoms with Gasteiger partial charge in [-0.05, 0) is 48.0 Å². The second kappa shape index (κ2) is 9.54. The molecule has 28 heavy (non-hydrogen) atoms. The van der Waals surface area contributed by atoms with Crippen LogP contribution in [0.3, 0.4) is 0 Å². The van der Waals surface area contributed by atoms with E-state index in [0.29, 0.717) is 22.6 Å². The quantitative estimate of drug-likeness (QED) is 0.429. The minimum absolute atomic E-state index is 0.128. The number of carboxylic acids is 1. The van der Waals surface area contributed by atoms with E-state index < -0.39 is 24.5 Å². The van der Waals surface area contributed by atoms with Crippen LogP contribution in [0.4, 0.5) is 5.69 Å². The Bertz CT molecular complexity index is 940. The van der Waals surface area contributed by atoms with Crippen LogP contribution in [0.15, 0.2) is 54.1 Å². The molecule has 0 unspecified atom stereocenters. The molecule has 0 atom stereocenters. The molecule has 0 aliphatic heterocycles.